The molecule has 14 heavy (non-hydrogen) atoms. The lowest BCUT2D eigenvalue weighted by Gasteiger charge is -2.28. The quantitative estimate of drug-likeness (QED) is 0.543. The second-order valence-corrected chi connectivity index (χ2v) is 3.86. The molecule has 2 rings (SSSR count). The first-order valence-corrected chi connectivity index (χ1v) is 5.19. The summed E-state index contributed by atoms with van der Waals surface area (Å²) >= 11 is 0. The van der Waals surface area contributed by atoms with Crippen LogP contribution in [0.5, 0.6) is 0 Å². The van der Waals surface area contributed by atoms with Crippen molar-refractivity contribution < 1.29 is 0 Å². The van der Waals surface area contributed by atoms with Gasteiger partial charge in [-0.2, -0.15) is 0 Å². The van der Waals surface area contributed by atoms with Crippen molar-refractivity contribution in [3.8, 4) is 0 Å². The molecule has 0 bridgehead atoms. The van der Waals surface area contributed by atoms with Crippen molar-refractivity contribution >= 4 is 5.84 Å². The first kappa shape index (κ1) is 9.31. The molecule has 2 N–H and O–H groups in total. The number of amidine groups is 1. The molecule has 0 radical (unpaired) electrons. The highest BCUT2D eigenvalue weighted by Gasteiger charge is 2.19. The highest BCUT2D eigenvalue weighted by atomic mass is 15.0. The number of aryl methyl sites for hydroxylation is 1. The maximum atomic E-state index is 4.30. The molecule has 76 valence electrons. The molecule has 0 aromatic carbocycles. The standard InChI is InChI=1S/C11H17N3/c1-8-10(6-7-13-8)11(12-2)14-9-4-3-5-9/h6-7,9,13H,3-5H2,1-2H3,(H,12,14). The predicted molar refractivity (Wildman–Crippen MR) is 58.8 cm³/mol. The smallest absolute Gasteiger partial charge is 0.130 e. The molecular weight excluding hydrogens is 174 g/mol. The van der Waals surface area contributed by atoms with Crippen LogP contribution in [0.1, 0.15) is 30.5 Å². The zero-order valence-electron chi connectivity index (χ0n) is 8.80. The molecule has 0 amide bonds. The van der Waals surface area contributed by atoms with Crippen LogP contribution >= 0.6 is 0 Å². The first-order valence-electron chi connectivity index (χ1n) is 5.19. The van der Waals surface area contributed by atoms with E-state index in [4.69, 9.17) is 0 Å². The fraction of sp³-hybridized carbons (Fsp3) is 0.545. The van der Waals surface area contributed by atoms with Crippen molar-refractivity contribution in [2.45, 2.75) is 32.2 Å². The number of hydrogen-bond acceptors (Lipinski definition) is 1. The van der Waals surface area contributed by atoms with Crippen LogP contribution in [0.3, 0.4) is 0 Å². The van der Waals surface area contributed by atoms with Crippen molar-refractivity contribution in [1.82, 2.24) is 10.3 Å². The molecular formula is C11H17N3. The predicted octanol–water partition coefficient (Wildman–Crippen LogP) is 1.84. The van der Waals surface area contributed by atoms with Gasteiger partial charge in [-0.05, 0) is 32.3 Å². The summed E-state index contributed by atoms with van der Waals surface area (Å²) in [5.41, 5.74) is 2.37. The lowest BCUT2D eigenvalue weighted by Crippen LogP contribution is -2.40. The molecule has 0 saturated heterocycles. The number of aliphatic imine (C=N–C) groups is 1. The van der Waals surface area contributed by atoms with Gasteiger partial charge in [-0.3, -0.25) is 4.99 Å². The zero-order valence-corrected chi connectivity index (χ0v) is 8.80. The van der Waals surface area contributed by atoms with Gasteiger partial charge in [0.1, 0.15) is 5.84 Å². The van der Waals surface area contributed by atoms with Crippen LogP contribution in [0.25, 0.3) is 0 Å². The molecule has 1 aromatic heterocycles. The van der Waals surface area contributed by atoms with Crippen LogP contribution in [0, 0.1) is 6.92 Å². The van der Waals surface area contributed by atoms with Gasteiger partial charge >= 0.3 is 0 Å². The van der Waals surface area contributed by atoms with E-state index in [1.54, 1.807) is 0 Å². The summed E-state index contributed by atoms with van der Waals surface area (Å²) in [6.07, 6.45) is 5.87. The Morgan fingerprint density at radius 2 is 2.36 bits per heavy atom. The average Bonchev–Trinajstić information content (AvgIpc) is 2.51. The SMILES string of the molecule is CN=C(NC1CCC1)c1cc[nH]c1C. The average molecular weight is 191 g/mol. The van der Waals surface area contributed by atoms with E-state index in [1.807, 2.05) is 13.2 Å². The van der Waals surface area contributed by atoms with Crippen molar-refractivity contribution in [3.05, 3.63) is 23.5 Å². The Morgan fingerprint density at radius 1 is 1.57 bits per heavy atom. The van der Waals surface area contributed by atoms with E-state index in [2.05, 4.69) is 28.3 Å². The second-order valence-electron chi connectivity index (χ2n) is 3.86. The van der Waals surface area contributed by atoms with Crippen molar-refractivity contribution in [2.75, 3.05) is 7.05 Å². The Labute approximate surface area is 84.6 Å². The van der Waals surface area contributed by atoms with Gasteiger partial charge in [-0.25, -0.2) is 0 Å². The molecule has 0 aliphatic heterocycles. The molecule has 3 nitrogen and oxygen atoms in total. The monoisotopic (exact) mass is 191 g/mol. The van der Waals surface area contributed by atoms with Gasteiger partial charge in [0.25, 0.3) is 0 Å². The maximum Gasteiger partial charge on any atom is 0.130 e. The van der Waals surface area contributed by atoms with E-state index in [9.17, 15) is 0 Å². The van der Waals surface area contributed by atoms with E-state index in [-0.39, 0.29) is 0 Å². The molecule has 1 aromatic rings. The highest BCUT2D eigenvalue weighted by Crippen LogP contribution is 2.19. The van der Waals surface area contributed by atoms with Gasteiger partial charge in [0.2, 0.25) is 0 Å². The van der Waals surface area contributed by atoms with Crippen LogP contribution in [0.15, 0.2) is 17.3 Å². The van der Waals surface area contributed by atoms with Crippen LogP contribution in [-0.2, 0) is 0 Å². The normalized spacial score (nSPS) is 18.0. The van der Waals surface area contributed by atoms with E-state index >= 15 is 0 Å². The molecule has 0 spiro atoms. The summed E-state index contributed by atoms with van der Waals surface area (Å²) in [6.45, 7) is 2.07. The second kappa shape index (κ2) is 3.86. The molecule has 1 fully saturated rings. The lowest BCUT2D eigenvalue weighted by molar-refractivity contribution is 0.383. The number of rotatable bonds is 2. The molecule has 0 unspecified atom stereocenters. The molecule has 1 aliphatic rings. The fourth-order valence-corrected chi connectivity index (χ4v) is 1.72. The van der Waals surface area contributed by atoms with E-state index in [1.165, 1.54) is 30.5 Å². The summed E-state index contributed by atoms with van der Waals surface area (Å²) in [5, 5.41) is 3.48. The summed E-state index contributed by atoms with van der Waals surface area (Å²) in [6, 6.07) is 2.71. The number of hydrogen-bond donors (Lipinski definition) is 2. The molecule has 1 aliphatic carbocycles. The molecule has 1 heterocycles. The topological polar surface area (TPSA) is 40.2 Å². The Morgan fingerprint density at radius 3 is 2.79 bits per heavy atom. The van der Waals surface area contributed by atoms with Crippen molar-refractivity contribution in [3.63, 3.8) is 0 Å². The summed E-state index contributed by atoms with van der Waals surface area (Å²) in [4.78, 5) is 7.47. The van der Waals surface area contributed by atoms with Crippen LogP contribution < -0.4 is 5.32 Å². The first-order chi connectivity index (χ1) is 6.81. The molecule has 0 atom stereocenters. The Balaban J connectivity index is 2.09. The third kappa shape index (κ3) is 1.67. The molecule has 3 heteroatoms. The van der Waals surface area contributed by atoms with Crippen LogP contribution in [0.4, 0.5) is 0 Å². The van der Waals surface area contributed by atoms with E-state index in [0.717, 1.165) is 5.84 Å². The molecule has 1 saturated carbocycles. The summed E-state index contributed by atoms with van der Waals surface area (Å²) in [7, 11) is 1.84. The minimum Gasteiger partial charge on any atom is -0.367 e. The minimum atomic E-state index is 0.642. The minimum absolute atomic E-state index is 0.642. The van der Waals surface area contributed by atoms with Crippen molar-refractivity contribution in [2.24, 2.45) is 4.99 Å². The van der Waals surface area contributed by atoms with Gasteiger partial charge in [-0.15, -0.1) is 0 Å². The van der Waals surface area contributed by atoms with Gasteiger partial charge in [0, 0.05) is 30.5 Å². The number of aromatic nitrogens is 1. The van der Waals surface area contributed by atoms with Gasteiger partial charge in [-0.1, -0.05) is 0 Å². The fourth-order valence-electron chi connectivity index (χ4n) is 1.72. The largest absolute Gasteiger partial charge is 0.367 e. The Kier molecular flexibility index (Phi) is 2.57. The Hall–Kier alpha value is -1.25. The van der Waals surface area contributed by atoms with Crippen LogP contribution in [-0.4, -0.2) is 23.9 Å². The third-order valence-electron chi connectivity index (χ3n) is 2.88. The van der Waals surface area contributed by atoms with E-state index in [0.29, 0.717) is 6.04 Å². The van der Waals surface area contributed by atoms with Crippen LogP contribution in [0.2, 0.25) is 0 Å². The Bertz CT molecular complexity index is 334. The highest BCUT2D eigenvalue weighted by molar-refractivity contribution is 5.99. The van der Waals surface area contributed by atoms with E-state index < -0.39 is 0 Å². The number of nitrogens with zero attached hydrogens (tertiary/aromatic N) is 1. The van der Waals surface area contributed by atoms with Gasteiger partial charge in [0.05, 0.1) is 0 Å². The lowest BCUT2D eigenvalue weighted by atomic mass is 9.93. The number of nitrogens with one attached hydrogen (secondary N) is 2. The van der Waals surface area contributed by atoms with Gasteiger partial charge < -0.3 is 10.3 Å². The zero-order chi connectivity index (χ0) is 9.97. The third-order valence-corrected chi connectivity index (χ3v) is 2.88. The maximum absolute atomic E-state index is 4.30. The number of aromatic amines is 1. The summed E-state index contributed by atoms with van der Waals surface area (Å²) in [5.74, 6) is 1.02. The van der Waals surface area contributed by atoms with Gasteiger partial charge in [0.15, 0.2) is 0 Å². The van der Waals surface area contributed by atoms with Crippen molar-refractivity contribution in [1.29, 1.82) is 0 Å². The summed E-state index contributed by atoms with van der Waals surface area (Å²) < 4.78 is 0. The number of H-pyrrole nitrogens is 1.